The Morgan fingerprint density at radius 2 is 0.324 bits per heavy atom. The van der Waals surface area contributed by atoms with Gasteiger partial charge >= 0.3 is 185 Å². The third-order valence-corrected chi connectivity index (χ3v) is 17.2. The first-order valence-electron chi connectivity index (χ1n) is 8.20. The van der Waals surface area contributed by atoms with E-state index in [9.17, 15) is 65.9 Å². The van der Waals surface area contributed by atoms with Gasteiger partial charge in [0.05, 0.1) is 0 Å². The van der Waals surface area contributed by atoms with Crippen LogP contribution in [0.15, 0.2) is 0 Å². The number of halogens is 15. The summed E-state index contributed by atoms with van der Waals surface area (Å²) >= 11 is -7.17. The van der Waals surface area contributed by atoms with Crippen molar-refractivity contribution in [2.45, 2.75) is 0 Å². The summed E-state index contributed by atoms with van der Waals surface area (Å²) in [6.07, 6.45) is 0. The minimum absolute atomic E-state index is 2.46. The third-order valence-electron chi connectivity index (χ3n) is 4.60. The van der Waals surface area contributed by atoms with Crippen molar-refractivity contribution >= 4 is 32.1 Å². The first kappa shape index (κ1) is 26.1. The maximum atomic E-state index is 14.4. The molecule has 0 bridgehead atoms. The summed E-state index contributed by atoms with van der Waals surface area (Å²) in [7, 11) is 0. The number of rotatable bonds is 3. The van der Waals surface area contributed by atoms with E-state index in [0.717, 1.165) is 0 Å². The first-order chi connectivity index (χ1) is 15.7. The van der Waals surface area contributed by atoms with Gasteiger partial charge in [0.1, 0.15) is 0 Å². The molecule has 180 valence electrons. The van der Waals surface area contributed by atoms with Crippen LogP contribution in [0, 0.1) is 87.3 Å². The van der Waals surface area contributed by atoms with Crippen molar-refractivity contribution in [3.63, 3.8) is 0 Å². The molecule has 0 aromatic heterocycles. The van der Waals surface area contributed by atoms with E-state index in [-0.39, 0.29) is 0 Å². The van der Waals surface area contributed by atoms with Crippen LogP contribution < -0.4 is 9.37 Å². The maximum absolute atomic E-state index is 14.4. The summed E-state index contributed by atoms with van der Waals surface area (Å²) in [6, 6.07) is 0. The van der Waals surface area contributed by atoms with Crippen LogP contribution in [0.1, 0.15) is 0 Å². The Bertz CT molecular complexity index is 1110. The molecule has 0 radical (unpaired) electrons. The van der Waals surface area contributed by atoms with Crippen LogP contribution in [-0.2, 0) is 0 Å². The monoisotopic (exact) mass is 706 g/mol. The van der Waals surface area contributed by atoms with Gasteiger partial charge in [-0.05, 0) is 0 Å². The number of hydrogen-bond donors (Lipinski definition) is 0. The second-order valence-electron chi connectivity index (χ2n) is 6.38. The van der Waals surface area contributed by atoms with Crippen molar-refractivity contribution in [3.8, 4) is 0 Å². The molecule has 0 atom stereocenters. The van der Waals surface area contributed by atoms with Gasteiger partial charge in [0.15, 0.2) is 0 Å². The van der Waals surface area contributed by atoms with Gasteiger partial charge in [0.2, 0.25) is 0 Å². The van der Waals surface area contributed by atoms with E-state index >= 15 is 0 Å². The molecule has 0 aliphatic carbocycles. The van der Waals surface area contributed by atoms with Crippen molar-refractivity contribution in [1.29, 1.82) is 0 Å². The van der Waals surface area contributed by atoms with Crippen LogP contribution in [0.25, 0.3) is 0 Å². The average molecular weight is 706 g/mol. The predicted molar refractivity (Wildman–Crippen MR) is 83.4 cm³/mol. The second-order valence-corrected chi connectivity index (χ2v) is 16.5. The first-order valence-corrected chi connectivity index (χ1v) is 14.9. The predicted octanol–water partition coefficient (Wildman–Crippen LogP) is 4.29. The van der Waals surface area contributed by atoms with Gasteiger partial charge in [-0.2, -0.15) is 0 Å². The Hall–Kier alpha value is -2.47. The molecule has 0 saturated heterocycles. The zero-order valence-corrected chi connectivity index (χ0v) is 19.7. The Labute approximate surface area is 185 Å². The van der Waals surface area contributed by atoms with E-state index in [1.54, 1.807) is 0 Å². The molecule has 34 heavy (non-hydrogen) atoms. The van der Waals surface area contributed by atoms with Gasteiger partial charge in [-0.15, -0.1) is 0 Å². The summed E-state index contributed by atoms with van der Waals surface area (Å²) in [5, 5.41) is 0. The van der Waals surface area contributed by atoms with Crippen LogP contribution >= 0.6 is 0 Å². The number of benzene rings is 3. The van der Waals surface area contributed by atoms with E-state index < -0.39 is 119 Å². The van der Waals surface area contributed by atoms with Crippen LogP contribution in [0.5, 0.6) is 0 Å². The van der Waals surface area contributed by atoms with Gasteiger partial charge in [-0.3, -0.25) is 0 Å². The SMILES string of the molecule is Fc1c(F)c(F)[c]([Tl]([c]2c(F)c(F)c(F)c(F)c2F)[c]2c(F)c(F)c(F)c(F)c2F)c(F)c1F. The van der Waals surface area contributed by atoms with E-state index in [4.69, 9.17) is 0 Å². The Morgan fingerprint density at radius 3 is 0.471 bits per heavy atom. The van der Waals surface area contributed by atoms with Crippen LogP contribution in [0.4, 0.5) is 65.9 Å². The summed E-state index contributed by atoms with van der Waals surface area (Å²) < 4.78 is 202. The molecule has 16 heteroatoms. The average Bonchev–Trinajstić information content (AvgIpc) is 2.81. The quantitative estimate of drug-likeness (QED) is 0.165. The van der Waals surface area contributed by atoms with Gasteiger partial charge in [0, 0.05) is 0 Å². The van der Waals surface area contributed by atoms with Gasteiger partial charge in [-0.25, -0.2) is 0 Å². The fourth-order valence-corrected chi connectivity index (χ4v) is 15.3. The van der Waals surface area contributed by atoms with Gasteiger partial charge in [0.25, 0.3) is 0 Å². The Kier molecular flexibility index (Phi) is 6.89. The molecule has 0 fully saturated rings. The molecule has 0 N–H and O–H groups in total. The van der Waals surface area contributed by atoms with Crippen LogP contribution in [0.2, 0.25) is 0 Å². The minimum atomic E-state index is -7.17. The molecular weight excluding hydrogens is 706 g/mol. The molecule has 0 nitrogen and oxygen atoms in total. The van der Waals surface area contributed by atoms with Gasteiger partial charge < -0.3 is 0 Å². The molecule has 0 aliphatic heterocycles. The van der Waals surface area contributed by atoms with E-state index in [1.165, 1.54) is 0 Å². The Morgan fingerprint density at radius 1 is 0.206 bits per heavy atom. The number of hydrogen-bond acceptors (Lipinski definition) is 0. The van der Waals surface area contributed by atoms with E-state index in [2.05, 4.69) is 0 Å². The van der Waals surface area contributed by atoms with Crippen molar-refractivity contribution in [1.82, 2.24) is 0 Å². The topological polar surface area (TPSA) is 0 Å². The normalized spacial score (nSPS) is 11.4. The molecule has 0 spiro atoms. The summed E-state index contributed by atoms with van der Waals surface area (Å²) in [4.78, 5) is 0. The molecule has 3 aromatic rings. The molecule has 0 aliphatic rings. The molecule has 3 aromatic carbocycles. The van der Waals surface area contributed by atoms with E-state index in [1.807, 2.05) is 0 Å². The molecule has 0 saturated carbocycles. The molecule has 3 rings (SSSR count). The van der Waals surface area contributed by atoms with Crippen LogP contribution in [0.3, 0.4) is 0 Å². The fourth-order valence-electron chi connectivity index (χ4n) is 3.06. The Balaban J connectivity index is 2.68. The van der Waals surface area contributed by atoms with E-state index in [0.29, 0.717) is 0 Å². The molecule has 0 amide bonds. The standard InChI is InChI=1S/3C6F5.Tl/c3*7-2-1-3(8)5(10)6(11)4(2)9;. The van der Waals surface area contributed by atoms with Crippen molar-refractivity contribution < 1.29 is 65.9 Å². The summed E-state index contributed by atoms with van der Waals surface area (Å²) in [5.74, 6) is -44.2. The zero-order valence-electron chi connectivity index (χ0n) is 15.2. The van der Waals surface area contributed by atoms with Crippen molar-refractivity contribution in [2.24, 2.45) is 0 Å². The van der Waals surface area contributed by atoms with Gasteiger partial charge in [-0.1, -0.05) is 0 Å². The summed E-state index contributed by atoms with van der Waals surface area (Å²) in [6.45, 7) is 0. The molecule has 0 unspecified atom stereocenters. The molecular formula is C18F15Tl. The van der Waals surface area contributed by atoms with Crippen molar-refractivity contribution in [2.75, 3.05) is 0 Å². The fraction of sp³-hybridized carbons (Fsp3) is 0. The molecule has 0 heterocycles. The second kappa shape index (κ2) is 8.95. The van der Waals surface area contributed by atoms with Crippen molar-refractivity contribution in [3.05, 3.63) is 87.3 Å². The van der Waals surface area contributed by atoms with Crippen LogP contribution in [-0.4, -0.2) is 22.7 Å². The zero-order chi connectivity index (χ0) is 26.0. The summed E-state index contributed by atoms with van der Waals surface area (Å²) in [5.41, 5.74) is 0. The third kappa shape index (κ3) is 3.62.